The molecule has 5 N–H and O–H groups in total. The van der Waals surface area contributed by atoms with Crippen LogP contribution in [0.2, 0.25) is 0 Å². The molecule has 9 nitrogen and oxygen atoms in total. The Balaban J connectivity index is -0.000000249. The molecule has 0 aliphatic heterocycles. The van der Waals surface area contributed by atoms with Gasteiger partial charge in [-0.25, -0.2) is 0 Å². The Bertz CT molecular complexity index is 169. The zero-order chi connectivity index (χ0) is 9.71. The molecule has 0 saturated carbocycles. The average Bonchev–Trinajstić information content (AvgIpc) is 1.60. The molecular weight excluding hydrogens is 255 g/mol. The van der Waals surface area contributed by atoms with Crippen LogP contribution in [-0.4, -0.2) is 4.89 Å². The predicted octanol–water partition coefficient (Wildman–Crippen LogP) is -2.45. The third kappa shape index (κ3) is 22.4. The van der Waals surface area contributed by atoms with Crippen molar-refractivity contribution in [3.8, 4) is 0 Å². The van der Waals surface area contributed by atoms with Gasteiger partial charge < -0.3 is 30.3 Å². The molecule has 12 heavy (non-hydrogen) atoms. The van der Waals surface area contributed by atoms with Crippen molar-refractivity contribution in [1.29, 1.82) is 0 Å². The van der Waals surface area contributed by atoms with E-state index in [-0.39, 0.29) is 6.15 Å². The maximum absolute atomic E-state index is 9.44. The van der Waals surface area contributed by atoms with E-state index in [1.807, 2.05) is 0 Å². The van der Waals surface area contributed by atoms with E-state index in [1.54, 1.807) is 0 Å². The second-order valence-corrected chi connectivity index (χ2v) is 3.48. The summed E-state index contributed by atoms with van der Waals surface area (Å²) in [5.74, 6) is 0. The Morgan fingerprint density at radius 1 is 1.17 bits per heavy atom. The number of hydrogen-bond acceptors (Lipinski definition) is 7. The molecule has 0 aromatic carbocycles. The van der Waals surface area contributed by atoms with E-state index >= 15 is 0 Å². The molecule has 0 aliphatic rings. The predicted molar refractivity (Wildman–Crippen MR) is 25.2 cm³/mol. The van der Waals surface area contributed by atoms with E-state index in [2.05, 4.69) is 4.31 Å². The fourth-order valence-corrected chi connectivity index (χ4v) is 1.14. The van der Waals surface area contributed by atoms with Crippen molar-refractivity contribution in [3.05, 3.63) is 0 Å². The summed E-state index contributed by atoms with van der Waals surface area (Å²) in [6, 6.07) is 0. The average molecular weight is 260 g/mol. The molecule has 12 heteroatoms. The van der Waals surface area contributed by atoms with Gasteiger partial charge in [-0.05, 0) is 0 Å². The SMILES string of the molecule is O=P([O-])([O-])OP(=O)([O-])O.[NH4+].[O]=[V+2]. The van der Waals surface area contributed by atoms with E-state index in [4.69, 9.17) is 8.57 Å². The number of quaternary nitrogens is 1. The molecule has 0 heterocycles. The molecule has 0 radical (unpaired) electrons. The summed E-state index contributed by atoms with van der Waals surface area (Å²) in [6.07, 6.45) is 0. The first-order chi connectivity index (χ1) is 4.71. The van der Waals surface area contributed by atoms with Crippen LogP contribution < -0.4 is 20.8 Å². The van der Waals surface area contributed by atoms with Gasteiger partial charge in [-0.15, -0.1) is 0 Å². The van der Waals surface area contributed by atoms with E-state index < -0.39 is 15.6 Å². The second-order valence-electron chi connectivity index (χ2n) is 0.997. The van der Waals surface area contributed by atoms with Crippen LogP contribution >= 0.6 is 15.6 Å². The van der Waals surface area contributed by atoms with Crippen molar-refractivity contribution in [2.75, 3.05) is 0 Å². The third-order valence-electron chi connectivity index (χ3n) is 0.203. The summed E-state index contributed by atoms with van der Waals surface area (Å²) < 4.78 is 29.6. The van der Waals surface area contributed by atoms with Crippen LogP contribution in [0.1, 0.15) is 0 Å². The van der Waals surface area contributed by atoms with Crippen LogP contribution in [0.4, 0.5) is 0 Å². The second kappa shape index (κ2) is 7.05. The van der Waals surface area contributed by atoms with Gasteiger partial charge in [-0.1, -0.05) is 0 Å². The maximum atomic E-state index is 9.44. The zero-order valence-electron chi connectivity index (χ0n) is 5.65. The minimum atomic E-state index is -5.61. The molecule has 1 unspecified atom stereocenters. The van der Waals surface area contributed by atoms with Crippen LogP contribution in [0.3, 0.4) is 0 Å². The van der Waals surface area contributed by atoms with Crippen molar-refractivity contribution < 1.29 is 54.1 Å². The Labute approximate surface area is 76.4 Å². The third-order valence-corrected chi connectivity index (χ3v) is 1.83. The quantitative estimate of drug-likeness (QED) is 0.511. The summed E-state index contributed by atoms with van der Waals surface area (Å²) in [4.78, 5) is 35.7. The molecule has 0 bridgehead atoms. The van der Waals surface area contributed by atoms with Crippen LogP contribution in [0.25, 0.3) is 0 Å². The molecular formula is H5NO8P2V. The van der Waals surface area contributed by atoms with Crippen molar-refractivity contribution in [2.24, 2.45) is 0 Å². The van der Waals surface area contributed by atoms with Gasteiger partial charge in [0.25, 0.3) is 7.82 Å². The van der Waals surface area contributed by atoms with E-state index in [0.717, 1.165) is 17.4 Å². The Hall–Kier alpha value is 0.604. The summed E-state index contributed by atoms with van der Waals surface area (Å²) in [7, 11) is -11.0. The van der Waals surface area contributed by atoms with Gasteiger partial charge in [0.1, 0.15) is 0 Å². The van der Waals surface area contributed by atoms with Gasteiger partial charge in [-0.3, -0.25) is 8.88 Å². The van der Waals surface area contributed by atoms with Crippen molar-refractivity contribution in [1.82, 2.24) is 6.15 Å². The summed E-state index contributed by atoms with van der Waals surface area (Å²) >= 11 is 1.06. The van der Waals surface area contributed by atoms with Gasteiger partial charge in [0, 0.05) is 0 Å². The van der Waals surface area contributed by atoms with Gasteiger partial charge in [0.2, 0.25) is 0 Å². The molecule has 0 saturated heterocycles. The molecule has 0 aromatic rings. The number of phosphoric acid groups is 2. The first kappa shape index (κ1) is 18.4. The first-order valence-corrected chi connectivity index (χ1v) is 5.19. The van der Waals surface area contributed by atoms with Gasteiger partial charge in [0.15, 0.2) is 0 Å². The Morgan fingerprint density at radius 3 is 1.42 bits per heavy atom. The molecule has 0 fully saturated rings. The van der Waals surface area contributed by atoms with Gasteiger partial charge >= 0.3 is 21.0 Å². The van der Waals surface area contributed by atoms with Crippen LogP contribution in [0, 0.1) is 0 Å². The topological polar surface area (TPSA) is 186 Å². The Morgan fingerprint density at radius 2 is 1.42 bits per heavy atom. The molecule has 0 aliphatic carbocycles. The van der Waals surface area contributed by atoms with Crippen molar-refractivity contribution >= 4 is 15.6 Å². The van der Waals surface area contributed by atoms with E-state index in [1.165, 1.54) is 0 Å². The van der Waals surface area contributed by atoms with Crippen LogP contribution in [0.5, 0.6) is 0 Å². The Kier molecular flexibility index (Phi) is 10.8. The fourth-order valence-electron chi connectivity index (χ4n) is 0.126. The standard InChI is InChI=1S/H3N.H4O7P2.O.V/c;1-8(2,3)7-9(4,5)6;;/h1H3;(H2,1,2,3)(H2,4,5,6);;/q;;;+2/p-2. The molecule has 0 amide bonds. The van der Waals surface area contributed by atoms with Crippen LogP contribution in [-0.2, 0) is 34.5 Å². The van der Waals surface area contributed by atoms with Crippen molar-refractivity contribution in [3.63, 3.8) is 0 Å². The summed E-state index contributed by atoms with van der Waals surface area (Å²) in [5.41, 5.74) is 0. The van der Waals surface area contributed by atoms with E-state index in [9.17, 15) is 23.8 Å². The first-order valence-electron chi connectivity index (χ1n) is 1.66. The number of hydrogen-bond donors (Lipinski definition) is 2. The molecule has 1 atom stereocenters. The number of rotatable bonds is 2. The van der Waals surface area contributed by atoms with Gasteiger partial charge in [0.05, 0.1) is 7.82 Å². The van der Waals surface area contributed by atoms with E-state index in [0.29, 0.717) is 0 Å². The summed E-state index contributed by atoms with van der Waals surface area (Å²) in [6.45, 7) is 0. The molecule has 0 spiro atoms. The minimum absolute atomic E-state index is 0. The molecule has 0 rings (SSSR count). The van der Waals surface area contributed by atoms with Crippen molar-refractivity contribution in [2.45, 2.75) is 0 Å². The molecule has 0 aromatic heterocycles. The van der Waals surface area contributed by atoms with Crippen LogP contribution in [0.15, 0.2) is 0 Å². The molecule has 73 valence electrons. The summed E-state index contributed by atoms with van der Waals surface area (Å²) in [5, 5.41) is 0. The normalized spacial score (nSPS) is 14.8. The van der Waals surface area contributed by atoms with Gasteiger partial charge in [-0.2, -0.15) is 0 Å². The monoisotopic (exact) mass is 260 g/mol. The fraction of sp³-hybridized carbons (Fsp3) is 0. The zero-order valence-corrected chi connectivity index (χ0v) is 8.83.